The first kappa shape index (κ1) is 12.8. The van der Waals surface area contributed by atoms with Gasteiger partial charge in [0.05, 0.1) is 16.5 Å². The van der Waals surface area contributed by atoms with Gasteiger partial charge in [0, 0.05) is 25.3 Å². The van der Waals surface area contributed by atoms with Crippen LogP contribution in [0, 0.1) is 5.82 Å². The lowest BCUT2D eigenvalue weighted by Gasteiger charge is -2.03. The van der Waals surface area contributed by atoms with Gasteiger partial charge in [-0.25, -0.2) is 9.37 Å². The lowest BCUT2D eigenvalue weighted by molar-refractivity contribution is 0.619. The van der Waals surface area contributed by atoms with E-state index in [0.29, 0.717) is 17.1 Å². The molecule has 19 heavy (non-hydrogen) atoms. The Labute approximate surface area is 120 Å². The molecule has 1 aromatic heterocycles. The number of benzene rings is 1. The minimum atomic E-state index is -0.233. The van der Waals surface area contributed by atoms with E-state index in [0.717, 1.165) is 17.8 Å². The Hall–Kier alpha value is -1.20. The standard InChI is InChI=1S/C14H15BrFN3/c15-13-5-10(1-4-14(13)16)7-19-8-12(18-9-19)6-17-11-2-3-11/h1,4-5,8-9,11,17H,2-3,6-7H2. The minimum absolute atomic E-state index is 0.233. The molecule has 0 saturated heterocycles. The quantitative estimate of drug-likeness (QED) is 0.916. The predicted molar refractivity (Wildman–Crippen MR) is 75.3 cm³/mol. The maximum Gasteiger partial charge on any atom is 0.137 e. The molecule has 0 amide bonds. The fourth-order valence-electron chi connectivity index (χ4n) is 1.97. The molecule has 0 bridgehead atoms. The fourth-order valence-corrected chi connectivity index (χ4v) is 2.40. The Morgan fingerprint density at radius 2 is 2.26 bits per heavy atom. The van der Waals surface area contributed by atoms with Crippen molar-refractivity contribution in [3.8, 4) is 0 Å². The van der Waals surface area contributed by atoms with Crippen molar-refractivity contribution in [3.63, 3.8) is 0 Å². The van der Waals surface area contributed by atoms with Crippen molar-refractivity contribution in [2.45, 2.75) is 32.0 Å². The van der Waals surface area contributed by atoms with Crippen LogP contribution in [0.3, 0.4) is 0 Å². The molecule has 3 rings (SSSR count). The number of hydrogen-bond donors (Lipinski definition) is 1. The molecule has 0 unspecified atom stereocenters. The predicted octanol–water partition coefficient (Wildman–Crippen LogP) is 3.09. The van der Waals surface area contributed by atoms with Crippen LogP contribution in [0.15, 0.2) is 35.2 Å². The molecule has 1 aliphatic carbocycles. The van der Waals surface area contributed by atoms with Crippen LogP contribution in [0.25, 0.3) is 0 Å². The zero-order valence-corrected chi connectivity index (χ0v) is 12.0. The SMILES string of the molecule is Fc1ccc(Cn2cnc(CNC3CC3)c2)cc1Br. The summed E-state index contributed by atoms with van der Waals surface area (Å²) in [6.45, 7) is 1.53. The first-order chi connectivity index (χ1) is 9.20. The molecule has 0 atom stereocenters. The monoisotopic (exact) mass is 323 g/mol. The van der Waals surface area contributed by atoms with E-state index in [9.17, 15) is 4.39 Å². The second-order valence-electron chi connectivity index (χ2n) is 4.94. The molecule has 2 aromatic rings. The number of hydrogen-bond acceptors (Lipinski definition) is 2. The third kappa shape index (κ3) is 3.42. The molecular weight excluding hydrogens is 309 g/mol. The maximum absolute atomic E-state index is 13.1. The summed E-state index contributed by atoms with van der Waals surface area (Å²) >= 11 is 3.20. The van der Waals surface area contributed by atoms with Gasteiger partial charge in [-0.3, -0.25) is 0 Å². The molecule has 1 N–H and O–H groups in total. The molecule has 1 aromatic carbocycles. The Balaban J connectivity index is 1.63. The first-order valence-corrected chi connectivity index (χ1v) is 7.18. The molecule has 1 fully saturated rings. The summed E-state index contributed by atoms with van der Waals surface area (Å²) in [5.74, 6) is -0.233. The number of halogens is 2. The van der Waals surface area contributed by atoms with Crippen molar-refractivity contribution in [2.24, 2.45) is 0 Å². The molecular formula is C14H15BrFN3. The van der Waals surface area contributed by atoms with Crippen molar-refractivity contribution in [3.05, 3.63) is 52.3 Å². The van der Waals surface area contributed by atoms with Gasteiger partial charge in [0.2, 0.25) is 0 Å². The summed E-state index contributed by atoms with van der Waals surface area (Å²) < 4.78 is 15.7. The van der Waals surface area contributed by atoms with Gasteiger partial charge in [0.25, 0.3) is 0 Å². The average molecular weight is 324 g/mol. The van der Waals surface area contributed by atoms with Crippen LogP contribution < -0.4 is 5.32 Å². The Kier molecular flexibility index (Phi) is 3.66. The lowest BCUT2D eigenvalue weighted by Crippen LogP contribution is -2.15. The van der Waals surface area contributed by atoms with E-state index in [1.54, 1.807) is 12.1 Å². The third-order valence-electron chi connectivity index (χ3n) is 3.19. The van der Waals surface area contributed by atoms with Crippen LogP contribution in [0.1, 0.15) is 24.1 Å². The molecule has 1 heterocycles. The summed E-state index contributed by atoms with van der Waals surface area (Å²) in [5.41, 5.74) is 2.10. The summed E-state index contributed by atoms with van der Waals surface area (Å²) in [5, 5.41) is 3.43. The highest BCUT2D eigenvalue weighted by Gasteiger charge is 2.20. The fraction of sp³-hybridized carbons (Fsp3) is 0.357. The first-order valence-electron chi connectivity index (χ1n) is 6.38. The van der Waals surface area contributed by atoms with Crippen LogP contribution in [-0.4, -0.2) is 15.6 Å². The summed E-state index contributed by atoms with van der Waals surface area (Å²) in [6, 6.07) is 5.77. The van der Waals surface area contributed by atoms with Crippen LogP contribution in [0.2, 0.25) is 0 Å². The largest absolute Gasteiger partial charge is 0.333 e. The van der Waals surface area contributed by atoms with Crippen LogP contribution in [0.4, 0.5) is 4.39 Å². The molecule has 3 nitrogen and oxygen atoms in total. The number of nitrogens with zero attached hydrogens (tertiary/aromatic N) is 2. The van der Waals surface area contributed by atoms with Gasteiger partial charge < -0.3 is 9.88 Å². The van der Waals surface area contributed by atoms with Gasteiger partial charge >= 0.3 is 0 Å². The van der Waals surface area contributed by atoms with Gasteiger partial charge in [-0.05, 0) is 46.5 Å². The van der Waals surface area contributed by atoms with Crippen molar-refractivity contribution < 1.29 is 4.39 Å². The highest BCUT2D eigenvalue weighted by molar-refractivity contribution is 9.10. The van der Waals surface area contributed by atoms with Crippen molar-refractivity contribution in [1.29, 1.82) is 0 Å². The normalized spacial score (nSPS) is 14.8. The molecule has 0 aliphatic heterocycles. The zero-order valence-electron chi connectivity index (χ0n) is 10.4. The second kappa shape index (κ2) is 5.43. The van der Waals surface area contributed by atoms with Crippen LogP contribution >= 0.6 is 15.9 Å². The zero-order chi connectivity index (χ0) is 13.2. The topological polar surface area (TPSA) is 29.9 Å². The molecule has 1 saturated carbocycles. The van der Waals surface area contributed by atoms with E-state index in [1.165, 1.54) is 18.9 Å². The second-order valence-corrected chi connectivity index (χ2v) is 5.80. The number of imidazole rings is 1. The minimum Gasteiger partial charge on any atom is -0.333 e. The molecule has 100 valence electrons. The highest BCUT2D eigenvalue weighted by Crippen LogP contribution is 2.19. The van der Waals surface area contributed by atoms with Gasteiger partial charge in [-0.2, -0.15) is 0 Å². The maximum atomic E-state index is 13.1. The molecule has 0 radical (unpaired) electrons. The summed E-state index contributed by atoms with van der Waals surface area (Å²) in [7, 11) is 0. The Bertz CT molecular complexity index is 578. The van der Waals surface area contributed by atoms with E-state index < -0.39 is 0 Å². The van der Waals surface area contributed by atoms with E-state index in [2.05, 4.69) is 26.2 Å². The number of aromatic nitrogens is 2. The van der Waals surface area contributed by atoms with Gasteiger partial charge in [0.1, 0.15) is 5.82 Å². The van der Waals surface area contributed by atoms with Crippen molar-refractivity contribution >= 4 is 15.9 Å². The van der Waals surface area contributed by atoms with Crippen LogP contribution in [0.5, 0.6) is 0 Å². The van der Waals surface area contributed by atoms with Gasteiger partial charge in [-0.15, -0.1) is 0 Å². The molecule has 1 aliphatic rings. The molecule has 0 spiro atoms. The van der Waals surface area contributed by atoms with Gasteiger partial charge in [0.15, 0.2) is 0 Å². The number of rotatable bonds is 5. The van der Waals surface area contributed by atoms with E-state index in [1.807, 2.05) is 17.1 Å². The average Bonchev–Trinajstić information content (AvgIpc) is 3.12. The Morgan fingerprint density at radius 1 is 1.42 bits per heavy atom. The van der Waals surface area contributed by atoms with Crippen molar-refractivity contribution in [2.75, 3.05) is 0 Å². The molecule has 5 heteroatoms. The highest BCUT2D eigenvalue weighted by atomic mass is 79.9. The number of nitrogens with one attached hydrogen (secondary N) is 1. The van der Waals surface area contributed by atoms with Crippen LogP contribution in [-0.2, 0) is 13.1 Å². The third-order valence-corrected chi connectivity index (χ3v) is 3.79. The van der Waals surface area contributed by atoms with Gasteiger partial charge in [-0.1, -0.05) is 6.07 Å². The lowest BCUT2D eigenvalue weighted by atomic mass is 10.2. The van der Waals surface area contributed by atoms with E-state index in [-0.39, 0.29) is 5.82 Å². The smallest absolute Gasteiger partial charge is 0.137 e. The summed E-state index contributed by atoms with van der Waals surface area (Å²) in [6.07, 6.45) is 6.42. The van der Waals surface area contributed by atoms with E-state index >= 15 is 0 Å². The Morgan fingerprint density at radius 3 is 3.00 bits per heavy atom. The van der Waals surface area contributed by atoms with E-state index in [4.69, 9.17) is 0 Å². The van der Waals surface area contributed by atoms with Crippen molar-refractivity contribution in [1.82, 2.24) is 14.9 Å². The summed E-state index contributed by atoms with van der Waals surface area (Å²) in [4.78, 5) is 4.37.